The van der Waals surface area contributed by atoms with Gasteiger partial charge in [-0.1, -0.05) is 49.8 Å². The average Bonchev–Trinajstić information content (AvgIpc) is 2.89. The van der Waals surface area contributed by atoms with Gasteiger partial charge >= 0.3 is 5.69 Å². The molecule has 0 radical (unpaired) electrons. The van der Waals surface area contributed by atoms with Crippen LogP contribution in [-0.4, -0.2) is 19.5 Å². The quantitative estimate of drug-likeness (QED) is 0.719. The Morgan fingerprint density at radius 3 is 2.82 bits per heavy atom. The number of aromatic amines is 2. The molecule has 0 unspecified atom stereocenters. The van der Waals surface area contributed by atoms with Crippen LogP contribution in [0.1, 0.15) is 31.2 Å². The number of hydrogen-bond acceptors (Lipinski definition) is 3. The van der Waals surface area contributed by atoms with Crippen molar-refractivity contribution in [2.24, 2.45) is 0 Å². The summed E-state index contributed by atoms with van der Waals surface area (Å²) >= 11 is 11.2. The molecule has 0 saturated heterocycles. The molecule has 0 bridgehead atoms. The predicted octanol–water partition coefficient (Wildman–Crippen LogP) is 3.61. The van der Waals surface area contributed by atoms with E-state index in [4.69, 9.17) is 23.8 Å². The van der Waals surface area contributed by atoms with E-state index < -0.39 is 0 Å². The van der Waals surface area contributed by atoms with Crippen molar-refractivity contribution in [3.63, 3.8) is 0 Å². The zero-order valence-corrected chi connectivity index (χ0v) is 13.8. The van der Waals surface area contributed by atoms with Crippen molar-refractivity contribution in [2.75, 3.05) is 0 Å². The topological polar surface area (TPSA) is 66.5 Å². The molecule has 0 aliphatic heterocycles. The van der Waals surface area contributed by atoms with E-state index in [9.17, 15) is 4.79 Å². The number of nitrogens with one attached hydrogen (secondary N) is 2. The molecule has 22 heavy (non-hydrogen) atoms. The van der Waals surface area contributed by atoms with E-state index in [1.54, 1.807) is 10.6 Å². The van der Waals surface area contributed by atoms with Crippen molar-refractivity contribution in [3.05, 3.63) is 55.8 Å². The Labute approximate surface area is 137 Å². The Morgan fingerprint density at radius 2 is 2.14 bits per heavy atom. The molecule has 0 fully saturated rings. The highest BCUT2D eigenvalue weighted by Gasteiger charge is 2.13. The molecule has 1 aromatic carbocycles. The largest absolute Gasteiger partial charge is 0.338 e. The lowest BCUT2D eigenvalue weighted by atomic mass is 10.2. The van der Waals surface area contributed by atoms with Crippen LogP contribution in [0, 0.1) is 4.64 Å². The predicted molar refractivity (Wildman–Crippen MR) is 90.2 cm³/mol. The molecule has 3 rings (SSSR count). The second-order valence-corrected chi connectivity index (χ2v) is 6.30. The van der Waals surface area contributed by atoms with Crippen molar-refractivity contribution >= 4 is 35.0 Å². The van der Waals surface area contributed by atoms with Gasteiger partial charge in [0.1, 0.15) is 16.0 Å². The summed E-state index contributed by atoms with van der Waals surface area (Å²) in [4.78, 5) is 22.7. The van der Waals surface area contributed by atoms with Gasteiger partial charge in [-0.05, 0) is 17.7 Å². The molecular weight excluding hydrogens is 320 g/mol. The molecule has 0 aliphatic rings. The van der Waals surface area contributed by atoms with Crippen molar-refractivity contribution in [3.8, 4) is 0 Å². The lowest BCUT2D eigenvalue weighted by Gasteiger charge is -2.07. The van der Waals surface area contributed by atoms with Crippen LogP contribution < -0.4 is 5.69 Å². The summed E-state index contributed by atoms with van der Waals surface area (Å²) in [6, 6.07) is 7.40. The van der Waals surface area contributed by atoms with E-state index in [0.717, 1.165) is 11.4 Å². The molecule has 0 spiro atoms. The van der Waals surface area contributed by atoms with Crippen LogP contribution in [0.3, 0.4) is 0 Å². The van der Waals surface area contributed by atoms with Crippen molar-refractivity contribution in [2.45, 2.75) is 26.3 Å². The SMILES string of the molecule is CC(C)c1nc2c([nH]1)c(=S)[nH]c(=O)n2Cc1cccc(Cl)c1. The molecule has 0 atom stereocenters. The Morgan fingerprint density at radius 1 is 1.36 bits per heavy atom. The van der Waals surface area contributed by atoms with Crippen LogP contribution in [0.2, 0.25) is 5.02 Å². The maximum absolute atomic E-state index is 12.3. The van der Waals surface area contributed by atoms with E-state index >= 15 is 0 Å². The zero-order valence-electron chi connectivity index (χ0n) is 12.2. The van der Waals surface area contributed by atoms with Crippen molar-refractivity contribution in [1.82, 2.24) is 19.5 Å². The highest BCUT2D eigenvalue weighted by atomic mass is 35.5. The molecule has 7 heteroatoms. The number of imidazole rings is 1. The monoisotopic (exact) mass is 334 g/mol. The minimum atomic E-state index is -0.278. The third-order valence-corrected chi connectivity index (χ3v) is 3.97. The summed E-state index contributed by atoms with van der Waals surface area (Å²) in [6.07, 6.45) is 0. The van der Waals surface area contributed by atoms with Gasteiger partial charge in [0.15, 0.2) is 5.65 Å². The van der Waals surface area contributed by atoms with Crippen LogP contribution >= 0.6 is 23.8 Å². The van der Waals surface area contributed by atoms with E-state index in [1.807, 2.05) is 32.0 Å². The van der Waals surface area contributed by atoms with Crippen LogP contribution in [0.15, 0.2) is 29.1 Å². The summed E-state index contributed by atoms with van der Waals surface area (Å²) in [5, 5.41) is 0.635. The molecule has 5 nitrogen and oxygen atoms in total. The van der Waals surface area contributed by atoms with Crippen molar-refractivity contribution < 1.29 is 0 Å². The summed E-state index contributed by atoms with van der Waals surface area (Å²) in [5.41, 5.74) is 1.90. The smallest absolute Gasteiger partial charge is 0.328 e. The second-order valence-electron chi connectivity index (χ2n) is 5.45. The number of fused-ring (bicyclic) bond motifs is 1. The number of rotatable bonds is 3. The molecule has 0 amide bonds. The summed E-state index contributed by atoms with van der Waals surface area (Å²) in [6.45, 7) is 4.44. The number of H-pyrrole nitrogens is 2. The van der Waals surface area contributed by atoms with Gasteiger partial charge in [-0.25, -0.2) is 9.78 Å². The number of aromatic nitrogens is 4. The van der Waals surface area contributed by atoms with E-state index in [1.165, 1.54) is 0 Å². The Kier molecular flexibility index (Phi) is 3.88. The highest BCUT2D eigenvalue weighted by Crippen LogP contribution is 2.18. The third-order valence-electron chi connectivity index (χ3n) is 3.43. The lowest BCUT2D eigenvalue weighted by molar-refractivity contribution is 0.745. The first-order valence-corrected chi connectivity index (χ1v) is 7.71. The van der Waals surface area contributed by atoms with Crippen LogP contribution in [0.4, 0.5) is 0 Å². The van der Waals surface area contributed by atoms with Crippen molar-refractivity contribution in [1.29, 1.82) is 0 Å². The molecule has 2 N–H and O–H groups in total. The first-order chi connectivity index (χ1) is 10.5. The molecule has 2 aromatic heterocycles. The van der Waals surface area contributed by atoms with E-state index in [-0.39, 0.29) is 11.6 Å². The Bertz CT molecular complexity index is 954. The van der Waals surface area contributed by atoms with Gasteiger partial charge in [-0.3, -0.25) is 9.55 Å². The molecule has 3 aromatic rings. The van der Waals surface area contributed by atoms with Gasteiger partial charge in [0.2, 0.25) is 0 Å². The zero-order chi connectivity index (χ0) is 15.9. The van der Waals surface area contributed by atoms with Gasteiger partial charge in [0.25, 0.3) is 0 Å². The van der Waals surface area contributed by atoms with Crippen LogP contribution in [0.25, 0.3) is 11.2 Å². The molecule has 0 saturated carbocycles. The second kappa shape index (κ2) is 5.70. The fourth-order valence-electron chi connectivity index (χ4n) is 2.30. The molecule has 2 heterocycles. The first-order valence-electron chi connectivity index (χ1n) is 6.93. The molecule has 0 aliphatic carbocycles. The van der Waals surface area contributed by atoms with Gasteiger partial charge in [0, 0.05) is 10.9 Å². The minimum Gasteiger partial charge on any atom is -0.338 e. The number of nitrogens with zero attached hydrogens (tertiary/aromatic N) is 2. The Hall–Kier alpha value is -1.92. The summed E-state index contributed by atoms with van der Waals surface area (Å²) < 4.78 is 1.95. The minimum absolute atomic E-state index is 0.219. The molecule has 114 valence electrons. The maximum atomic E-state index is 12.3. The first kappa shape index (κ1) is 15.0. The fourth-order valence-corrected chi connectivity index (χ4v) is 2.74. The van der Waals surface area contributed by atoms with E-state index in [0.29, 0.717) is 27.4 Å². The Balaban J connectivity index is 2.20. The fraction of sp³-hybridized carbons (Fsp3) is 0.267. The maximum Gasteiger partial charge on any atom is 0.328 e. The van der Waals surface area contributed by atoms with Crippen LogP contribution in [-0.2, 0) is 6.54 Å². The standard InChI is InChI=1S/C15H15ClN4OS/c1-8(2)12-17-11-13(18-12)20(15(21)19-14(11)22)7-9-4-3-5-10(16)6-9/h3-6,8H,7H2,1-2H3,(H,17,18)(H,19,21,22). The molecular formula is C15H15ClN4OS. The van der Waals surface area contributed by atoms with Crippen LogP contribution in [0.5, 0.6) is 0 Å². The summed E-state index contributed by atoms with van der Waals surface area (Å²) in [5.74, 6) is 1.02. The van der Waals surface area contributed by atoms with Gasteiger partial charge in [-0.15, -0.1) is 0 Å². The van der Waals surface area contributed by atoms with Gasteiger partial charge in [-0.2, -0.15) is 0 Å². The third kappa shape index (κ3) is 2.71. The highest BCUT2D eigenvalue weighted by molar-refractivity contribution is 7.71. The average molecular weight is 335 g/mol. The van der Waals surface area contributed by atoms with E-state index in [2.05, 4.69) is 15.0 Å². The lowest BCUT2D eigenvalue weighted by Crippen LogP contribution is -2.24. The summed E-state index contributed by atoms with van der Waals surface area (Å²) in [7, 11) is 0. The number of halogens is 1. The number of benzene rings is 1. The van der Waals surface area contributed by atoms with Gasteiger partial charge < -0.3 is 4.98 Å². The normalized spacial score (nSPS) is 11.5. The van der Waals surface area contributed by atoms with Gasteiger partial charge in [0.05, 0.1) is 6.54 Å². The number of hydrogen-bond donors (Lipinski definition) is 2.